The second-order valence-corrected chi connectivity index (χ2v) is 4.23. The van der Waals surface area contributed by atoms with Crippen LogP contribution < -0.4 is 5.32 Å². The minimum absolute atomic E-state index is 0.334. The average Bonchev–Trinajstić information content (AvgIpc) is 2.34. The van der Waals surface area contributed by atoms with E-state index in [-0.39, 0.29) is 0 Å². The zero-order valence-corrected chi connectivity index (χ0v) is 10.4. The lowest BCUT2D eigenvalue weighted by atomic mass is 10.1. The third-order valence-electron chi connectivity index (χ3n) is 2.72. The van der Waals surface area contributed by atoms with Crippen molar-refractivity contribution in [2.45, 2.75) is 39.0 Å². The molecule has 3 heteroatoms. The van der Waals surface area contributed by atoms with E-state index in [9.17, 15) is 4.79 Å². The van der Waals surface area contributed by atoms with Crippen LogP contribution in [0.1, 0.15) is 49.4 Å². The molecule has 0 amide bonds. The zero-order chi connectivity index (χ0) is 12.5. The topological polar surface area (TPSA) is 49.3 Å². The van der Waals surface area contributed by atoms with E-state index in [0.717, 1.165) is 18.7 Å². The van der Waals surface area contributed by atoms with Gasteiger partial charge >= 0.3 is 5.97 Å². The van der Waals surface area contributed by atoms with Crippen LogP contribution in [0.25, 0.3) is 0 Å². The molecular formula is C14H21NO2. The fourth-order valence-corrected chi connectivity index (χ4v) is 1.72. The second kappa shape index (κ2) is 7.71. The van der Waals surface area contributed by atoms with Crippen LogP contribution in [0, 0.1) is 0 Å². The molecule has 0 aromatic heterocycles. The molecule has 0 spiro atoms. The molecule has 3 nitrogen and oxygen atoms in total. The number of nitrogens with one attached hydrogen (secondary N) is 1. The normalized spacial score (nSPS) is 10.2. The number of hydrogen-bond acceptors (Lipinski definition) is 2. The van der Waals surface area contributed by atoms with Gasteiger partial charge in [-0.2, -0.15) is 0 Å². The molecule has 0 heterocycles. The number of anilines is 1. The van der Waals surface area contributed by atoms with Gasteiger partial charge in [-0.3, -0.25) is 0 Å². The SMILES string of the molecule is CCCCCCCNc1cccc(C(=O)O)c1. The van der Waals surface area contributed by atoms with E-state index in [1.165, 1.54) is 25.7 Å². The summed E-state index contributed by atoms with van der Waals surface area (Å²) in [4.78, 5) is 10.8. The van der Waals surface area contributed by atoms with Gasteiger partial charge in [-0.05, 0) is 24.6 Å². The summed E-state index contributed by atoms with van der Waals surface area (Å²) in [5.41, 5.74) is 1.22. The quantitative estimate of drug-likeness (QED) is 0.674. The molecule has 1 rings (SSSR count). The van der Waals surface area contributed by atoms with Crippen molar-refractivity contribution in [3.8, 4) is 0 Å². The fourth-order valence-electron chi connectivity index (χ4n) is 1.72. The number of aromatic carboxylic acids is 1. The molecule has 0 radical (unpaired) electrons. The van der Waals surface area contributed by atoms with E-state index in [1.807, 2.05) is 6.07 Å². The molecule has 1 aromatic rings. The number of benzene rings is 1. The number of unbranched alkanes of at least 4 members (excludes halogenated alkanes) is 4. The van der Waals surface area contributed by atoms with Crippen molar-refractivity contribution in [1.82, 2.24) is 0 Å². The second-order valence-electron chi connectivity index (χ2n) is 4.23. The Morgan fingerprint density at radius 2 is 2.00 bits per heavy atom. The zero-order valence-electron chi connectivity index (χ0n) is 10.4. The van der Waals surface area contributed by atoms with E-state index in [0.29, 0.717) is 5.56 Å². The van der Waals surface area contributed by atoms with Crippen LogP contribution in [0.4, 0.5) is 5.69 Å². The van der Waals surface area contributed by atoms with Gasteiger partial charge in [0, 0.05) is 12.2 Å². The maximum atomic E-state index is 10.8. The van der Waals surface area contributed by atoms with Crippen LogP contribution in [-0.4, -0.2) is 17.6 Å². The Balaban J connectivity index is 2.27. The van der Waals surface area contributed by atoms with Gasteiger partial charge in [0.2, 0.25) is 0 Å². The van der Waals surface area contributed by atoms with Crippen LogP contribution >= 0.6 is 0 Å². The summed E-state index contributed by atoms with van der Waals surface area (Å²) in [6.07, 6.45) is 6.21. The lowest BCUT2D eigenvalue weighted by Gasteiger charge is -2.06. The molecule has 0 atom stereocenters. The summed E-state index contributed by atoms with van der Waals surface area (Å²) in [5.74, 6) is -0.878. The van der Waals surface area contributed by atoms with Crippen molar-refractivity contribution >= 4 is 11.7 Å². The Morgan fingerprint density at radius 3 is 2.71 bits per heavy atom. The molecule has 0 aliphatic carbocycles. The number of rotatable bonds is 8. The summed E-state index contributed by atoms with van der Waals surface area (Å²) >= 11 is 0. The minimum Gasteiger partial charge on any atom is -0.478 e. The predicted octanol–water partition coefficient (Wildman–Crippen LogP) is 3.77. The molecule has 0 saturated carbocycles. The molecular weight excluding hydrogens is 214 g/mol. The van der Waals surface area contributed by atoms with Gasteiger partial charge in [0.05, 0.1) is 5.56 Å². The highest BCUT2D eigenvalue weighted by molar-refractivity contribution is 5.88. The lowest BCUT2D eigenvalue weighted by Crippen LogP contribution is -2.03. The smallest absolute Gasteiger partial charge is 0.335 e. The Kier molecular flexibility index (Phi) is 6.15. The largest absolute Gasteiger partial charge is 0.478 e. The first-order chi connectivity index (χ1) is 8.24. The van der Waals surface area contributed by atoms with Crippen molar-refractivity contribution in [2.24, 2.45) is 0 Å². The average molecular weight is 235 g/mol. The molecule has 1 aromatic carbocycles. The summed E-state index contributed by atoms with van der Waals surface area (Å²) in [6.45, 7) is 3.11. The highest BCUT2D eigenvalue weighted by Gasteiger charge is 2.02. The predicted molar refractivity (Wildman–Crippen MR) is 70.7 cm³/mol. The molecule has 0 fully saturated rings. The minimum atomic E-state index is -0.878. The van der Waals surface area contributed by atoms with E-state index < -0.39 is 5.97 Å². The Hall–Kier alpha value is -1.51. The van der Waals surface area contributed by atoms with Gasteiger partial charge in [0.25, 0.3) is 0 Å². The van der Waals surface area contributed by atoms with E-state index in [1.54, 1.807) is 18.2 Å². The molecule has 94 valence electrons. The summed E-state index contributed by atoms with van der Waals surface area (Å²) in [7, 11) is 0. The van der Waals surface area contributed by atoms with Crippen molar-refractivity contribution < 1.29 is 9.90 Å². The van der Waals surface area contributed by atoms with Gasteiger partial charge < -0.3 is 10.4 Å². The molecule has 0 aliphatic heterocycles. The molecule has 0 saturated heterocycles. The van der Waals surface area contributed by atoms with Crippen LogP contribution in [0.3, 0.4) is 0 Å². The lowest BCUT2D eigenvalue weighted by molar-refractivity contribution is 0.0697. The third-order valence-corrected chi connectivity index (χ3v) is 2.72. The molecule has 0 aliphatic rings. The Bertz CT molecular complexity index is 350. The summed E-state index contributed by atoms with van der Waals surface area (Å²) in [5, 5.41) is 12.1. The maximum absolute atomic E-state index is 10.8. The van der Waals surface area contributed by atoms with Crippen LogP contribution in [-0.2, 0) is 0 Å². The van der Waals surface area contributed by atoms with Gasteiger partial charge in [-0.25, -0.2) is 4.79 Å². The fraction of sp³-hybridized carbons (Fsp3) is 0.500. The summed E-state index contributed by atoms with van der Waals surface area (Å²) in [6, 6.07) is 6.95. The van der Waals surface area contributed by atoms with Crippen LogP contribution in [0.15, 0.2) is 24.3 Å². The Labute approximate surface area is 103 Å². The number of carboxylic acid groups (broad SMARTS) is 1. The molecule has 0 unspecified atom stereocenters. The van der Waals surface area contributed by atoms with E-state index in [4.69, 9.17) is 5.11 Å². The highest BCUT2D eigenvalue weighted by Crippen LogP contribution is 2.11. The van der Waals surface area contributed by atoms with Crippen molar-refractivity contribution in [1.29, 1.82) is 0 Å². The van der Waals surface area contributed by atoms with E-state index in [2.05, 4.69) is 12.2 Å². The first kappa shape index (κ1) is 13.6. The third kappa shape index (κ3) is 5.38. The standard InChI is InChI=1S/C14H21NO2/c1-2-3-4-5-6-10-15-13-9-7-8-12(11-13)14(16)17/h7-9,11,15H,2-6,10H2,1H3,(H,16,17). The number of hydrogen-bond donors (Lipinski definition) is 2. The van der Waals surface area contributed by atoms with Crippen molar-refractivity contribution in [2.75, 3.05) is 11.9 Å². The first-order valence-electron chi connectivity index (χ1n) is 6.31. The monoisotopic (exact) mass is 235 g/mol. The molecule has 17 heavy (non-hydrogen) atoms. The van der Waals surface area contributed by atoms with Gasteiger partial charge in [0.1, 0.15) is 0 Å². The highest BCUT2D eigenvalue weighted by atomic mass is 16.4. The maximum Gasteiger partial charge on any atom is 0.335 e. The van der Waals surface area contributed by atoms with Crippen LogP contribution in [0.2, 0.25) is 0 Å². The van der Waals surface area contributed by atoms with Crippen molar-refractivity contribution in [3.63, 3.8) is 0 Å². The van der Waals surface area contributed by atoms with Gasteiger partial charge in [-0.15, -0.1) is 0 Å². The summed E-state index contributed by atoms with van der Waals surface area (Å²) < 4.78 is 0. The number of carbonyl (C=O) groups is 1. The van der Waals surface area contributed by atoms with Gasteiger partial charge in [-0.1, -0.05) is 38.7 Å². The van der Waals surface area contributed by atoms with Gasteiger partial charge in [0.15, 0.2) is 0 Å². The number of carboxylic acids is 1. The van der Waals surface area contributed by atoms with Crippen LogP contribution in [0.5, 0.6) is 0 Å². The Morgan fingerprint density at radius 1 is 1.24 bits per heavy atom. The molecule has 2 N–H and O–H groups in total. The van der Waals surface area contributed by atoms with Crippen molar-refractivity contribution in [3.05, 3.63) is 29.8 Å². The van der Waals surface area contributed by atoms with E-state index >= 15 is 0 Å². The first-order valence-corrected chi connectivity index (χ1v) is 6.31. The molecule has 0 bridgehead atoms.